The Morgan fingerprint density at radius 3 is 2.88 bits per heavy atom. The predicted molar refractivity (Wildman–Crippen MR) is 64.4 cm³/mol. The Hall–Kier alpha value is -1.29. The van der Waals surface area contributed by atoms with Gasteiger partial charge in [-0.2, -0.15) is 0 Å². The van der Waals surface area contributed by atoms with Gasteiger partial charge < -0.3 is 10.0 Å². The van der Waals surface area contributed by atoms with Gasteiger partial charge in [0, 0.05) is 19.8 Å². The molecule has 0 amide bonds. The summed E-state index contributed by atoms with van der Waals surface area (Å²) in [5.74, 6) is -0.507. The Kier molecular flexibility index (Phi) is 4.55. The minimum absolute atomic E-state index is 0.0926. The number of anilines is 1. The lowest BCUT2D eigenvalue weighted by molar-refractivity contribution is 0.0697. The number of pyridine rings is 1. The molecule has 0 aliphatic carbocycles. The summed E-state index contributed by atoms with van der Waals surface area (Å²) in [6.45, 7) is 2.91. The van der Waals surface area contributed by atoms with Gasteiger partial charge in [0.2, 0.25) is 0 Å². The third-order valence-corrected chi connectivity index (χ3v) is 2.68. The van der Waals surface area contributed by atoms with Crippen molar-refractivity contribution in [1.29, 1.82) is 0 Å². The summed E-state index contributed by atoms with van der Waals surface area (Å²) >= 11 is 5.99. The Morgan fingerprint density at radius 1 is 1.62 bits per heavy atom. The number of hydrogen-bond donors (Lipinski definition) is 1. The maximum Gasteiger partial charge on any atom is 0.337 e. The highest BCUT2D eigenvalue weighted by Crippen LogP contribution is 2.26. The monoisotopic (exact) mass is 242 g/mol. The number of carboxylic acid groups (broad SMARTS) is 1. The van der Waals surface area contributed by atoms with Crippen LogP contribution in [0.1, 0.15) is 30.1 Å². The van der Waals surface area contributed by atoms with Crippen molar-refractivity contribution in [2.75, 3.05) is 18.5 Å². The number of carboxylic acids is 1. The van der Waals surface area contributed by atoms with Gasteiger partial charge in [-0.3, -0.25) is 0 Å². The molecule has 0 fully saturated rings. The lowest BCUT2D eigenvalue weighted by Crippen LogP contribution is -2.20. The molecule has 0 atom stereocenters. The Morgan fingerprint density at radius 2 is 2.31 bits per heavy atom. The lowest BCUT2D eigenvalue weighted by Gasteiger charge is -2.19. The number of hydrogen-bond acceptors (Lipinski definition) is 3. The molecule has 1 N–H and O–H groups in total. The van der Waals surface area contributed by atoms with Gasteiger partial charge in [0.25, 0.3) is 0 Å². The molecule has 0 spiro atoms. The second kappa shape index (κ2) is 5.70. The molecule has 0 aromatic carbocycles. The van der Waals surface area contributed by atoms with Crippen molar-refractivity contribution < 1.29 is 9.90 Å². The van der Waals surface area contributed by atoms with E-state index in [1.165, 1.54) is 12.3 Å². The molecule has 0 unspecified atom stereocenters. The van der Waals surface area contributed by atoms with E-state index in [0.29, 0.717) is 5.82 Å². The maximum atomic E-state index is 10.9. The molecule has 1 aromatic heterocycles. The topological polar surface area (TPSA) is 53.4 Å². The summed E-state index contributed by atoms with van der Waals surface area (Å²) in [5.41, 5.74) is 0.0926. The van der Waals surface area contributed by atoms with Gasteiger partial charge in [0.1, 0.15) is 5.82 Å². The summed E-state index contributed by atoms with van der Waals surface area (Å²) in [5, 5.41) is 9.12. The second-order valence-electron chi connectivity index (χ2n) is 3.58. The fourth-order valence-corrected chi connectivity index (χ4v) is 1.70. The van der Waals surface area contributed by atoms with Crippen molar-refractivity contribution in [3.05, 3.63) is 22.8 Å². The molecule has 1 heterocycles. The van der Waals surface area contributed by atoms with Crippen molar-refractivity contribution in [3.8, 4) is 0 Å². The molecule has 4 nitrogen and oxygen atoms in total. The van der Waals surface area contributed by atoms with Gasteiger partial charge in [0.05, 0.1) is 10.6 Å². The molecule has 1 aromatic rings. The Labute approximate surface area is 99.9 Å². The van der Waals surface area contributed by atoms with Crippen molar-refractivity contribution in [2.24, 2.45) is 0 Å². The summed E-state index contributed by atoms with van der Waals surface area (Å²) in [6, 6.07) is 1.40. The fourth-order valence-electron chi connectivity index (χ4n) is 1.37. The quantitative estimate of drug-likeness (QED) is 0.863. The first-order chi connectivity index (χ1) is 7.57. The summed E-state index contributed by atoms with van der Waals surface area (Å²) < 4.78 is 0. The minimum atomic E-state index is -1.03. The molecule has 16 heavy (non-hydrogen) atoms. The Bertz CT molecular complexity index is 382. The number of nitrogens with zero attached hydrogens (tertiary/aromatic N) is 2. The third kappa shape index (κ3) is 2.85. The van der Waals surface area contributed by atoms with Crippen LogP contribution >= 0.6 is 11.6 Å². The highest BCUT2D eigenvalue weighted by molar-refractivity contribution is 6.35. The summed E-state index contributed by atoms with van der Waals surface area (Å²) in [4.78, 5) is 16.9. The van der Waals surface area contributed by atoms with Crippen molar-refractivity contribution in [2.45, 2.75) is 19.8 Å². The standard InChI is InChI=1S/C11H15ClN2O2/c1-3-4-7-14(2)10-9(12)8(11(15)16)5-6-13-10/h5-6H,3-4,7H2,1-2H3,(H,15,16). The predicted octanol–water partition coefficient (Wildman–Crippen LogP) is 2.67. The largest absolute Gasteiger partial charge is 0.478 e. The van der Waals surface area contributed by atoms with Gasteiger partial charge in [0.15, 0.2) is 0 Å². The van der Waals surface area contributed by atoms with Crippen LogP contribution in [-0.2, 0) is 0 Å². The molecule has 1 rings (SSSR count). The first kappa shape index (κ1) is 12.8. The molecular weight excluding hydrogens is 228 g/mol. The molecule has 0 radical (unpaired) electrons. The van der Waals surface area contributed by atoms with Crippen LogP contribution in [-0.4, -0.2) is 29.7 Å². The zero-order chi connectivity index (χ0) is 12.1. The van der Waals surface area contributed by atoms with E-state index in [9.17, 15) is 4.79 Å². The number of rotatable bonds is 5. The average Bonchev–Trinajstić information content (AvgIpc) is 2.25. The SMILES string of the molecule is CCCCN(C)c1nccc(C(=O)O)c1Cl. The van der Waals surface area contributed by atoms with Gasteiger partial charge in [-0.15, -0.1) is 0 Å². The molecule has 0 saturated heterocycles. The van der Waals surface area contributed by atoms with Crippen LogP contribution in [0.3, 0.4) is 0 Å². The minimum Gasteiger partial charge on any atom is -0.478 e. The first-order valence-corrected chi connectivity index (χ1v) is 5.54. The van der Waals surface area contributed by atoms with E-state index in [2.05, 4.69) is 11.9 Å². The van der Waals surface area contributed by atoms with E-state index in [0.717, 1.165) is 19.4 Å². The normalized spacial score (nSPS) is 10.2. The van der Waals surface area contributed by atoms with Gasteiger partial charge in [-0.1, -0.05) is 24.9 Å². The molecule has 0 bridgehead atoms. The van der Waals surface area contributed by atoms with E-state index >= 15 is 0 Å². The molecule has 5 heteroatoms. The van der Waals surface area contributed by atoms with Gasteiger partial charge in [-0.25, -0.2) is 9.78 Å². The number of aromatic nitrogens is 1. The maximum absolute atomic E-state index is 10.9. The summed E-state index contributed by atoms with van der Waals surface area (Å²) in [6.07, 6.45) is 3.56. The van der Waals surface area contributed by atoms with Gasteiger partial charge >= 0.3 is 5.97 Å². The van der Waals surface area contributed by atoms with E-state index in [-0.39, 0.29) is 10.6 Å². The van der Waals surface area contributed by atoms with Crippen molar-refractivity contribution in [1.82, 2.24) is 4.98 Å². The van der Waals surface area contributed by atoms with E-state index in [1.807, 2.05) is 11.9 Å². The third-order valence-electron chi connectivity index (χ3n) is 2.31. The van der Waals surface area contributed by atoms with Gasteiger partial charge in [-0.05, 0) is 12.5 Å². The number of unbranched alkanes of at least 4 members (excludes halogenated alkanes) is 1. The number of aromatic carboxylic acids is 1. The van der Waals surface area contributed by atoms with E-state index in [1.54, 1.807) is 0 Å². The van der Waals surface area contributed by atoms with Crippen LogP contribution in [0.4, 0.5) is 5.82 Å². The van der Waals surface area contributed by atoms with Crippen molar-refractivity contribution in [3.63, 3.8) is 0 Å². The summed E-state index contributed by atoms with van der Waals surface area (Å²) in [7, 11) is 1.86. The number of halogens is 1. The molecular formula is C11H15ClN2O2. The molecule has 88 valence electrons. The van der Waals surface area contributed by atoms with Crippen LogP contribution in [0.5, 0.6) is 0 Å². The average molecular weight is 243 g/mol. The zero-order valence-corrected chi connectivity index (χ0v) is 10.2. The zero-order valence-electron chi connectivity index (χ0n) is 9.40. The van der Waals surface area contributed by atoms with Crippen LogP contribution < -0.4 is 4.90 Å². The highest BCUT2D eigenvalue weighted by Gasteiger charge is 2.15. The smallest absolute Gasteiger partial charge is 0.337 e. The molecule has 0 saturated carbocycles. The lowest BCUT2D eigenvalue weighted by atomic mass is 10.2. The first-order valence-electron chi connectivity index (χ1n) is 5.16. The number of carbonyl (C=O) groups is 1. The molecule has 0 aliphatic rings. The van der Waals surface area contributed by atoms with Crippen LogP contribution in [0.15, 0.2) is 12.3 Å². The van der Waals surface area contributed by atoms with E-state index < -0.39 is 5.97 Å². The second-order valence-corrected chi connectivity index (χ2v) is 3.95. The van der Waals surface area contributed by atoms with Crippen LogP contribution in [0.25, 0.3) is 0 Å². The van der Waals surface area contributed by atoms with Crippen molar-refractivity contribution >= 4 is 23.4 Å². The van der Waals surface area contributed by atoms with Crippen LogP contribution in [0, 0.1) is 0 Å². The fraction of sp³-hybridized carbons (Fsp3) is 0.455. The molecule has 0 aliphatic heterocycles. The van der Waals surface area contributed by atoms with Crippen LogP contribution in [0.2, 0.25) is 5.02 Å². The Balaban J connectivity index is 2.96. The van der Waals surface area contributed by atoms with E-state index in [4.69, 9.17) is 16.7 Å². The highest BCUT2D eigenvalue weighted by atomic mass is 35.5.